The summed E-state index contributed by atoms with van der Waals surface area (Å²) in [5.41, 5.74) is 5.76. The average Bonchev–Trinajstić information content (AvgIpc) is 2.24. The molecular formula is C11H15BrN2O2. The molecule has 0 fully saturated rings. The molecule has 1 aromatic rings. The molecule has 1 aromatic carbocycles. The van der Waals surface area contributed by atoms with Crippen LogP contribution < -0.4 is 11.1 Å². The highest BCUT2D eigenvalue weighted by molar-refractivity contribution is 9.10. The Hall–Kier alpha value is -1.07. The van der Waals surface area contributed by atoms with Crippen LogP contribution in [0.2, 0.25) is 0 Å². The SMILES string of the molecule is NCCCCC(=O)Nc1cc(Br)ccc1O. The third-order valence-corrected chi connectivity index (χ3v) is 2.58. The fraction of sp³-hybridized carbons (Fsp3) is 0.364. The van der Waals surface area contributed by atoms with Gasteiger partial charge >= 0.3 is 0 Å². The number of benzene rings is 1. The summed E-state index contributed by atoms with van der Waals surface area (Å²) in [6.07, 6.45) is 2.01. The van der Waals surface area contributed by atoms with Crippen molar-refractivity contribution in [2.24, 2.45) is 5.73 Å². The first-order valence-corrected chi connectivity index (χ1v) is 5.91. The van der Waals surface area contributed by atoms with Gasteiger partial charge in [0, 0.05) is 10.9 Å². The van der Waals surface area contributed by atoms with Crippen molar-refractivity contribution in [2.45, 2.75) is 19.3 Å². The number of unbranched alkanes of at least 4 members (excludes halogenated alkanes) is 1. The van der Waals surface area contributed by atoms with Gasteiger partial charge in [0.05, 0.1) is 5.69 Å². The molecule has 88 valence electrons. The number of nitrogens with one attached hydrogen (secondary N) is 1. The smallest absolute Gasteiger partial charge is 0.224 e. The summed E-state index contributed by atoms with van der Waals surface area (Å²) in [6.45, 7) is 0.593. The summed E-state index contributed by atoms with van der Waals surface area (Å²) >= 11 is 3.27. The molecule has 0 aliphatic carbocycles. The number of phenols is 1. The van der Waals surface area contributed by atoms with E-state index in [0.717, 1.165) is 17.3 Å². The number of hydrogen-bond acceptors (Lipinski definition) is 3. The number of rotatable bonds is 5. The Balaban J connectivity index is 2.52. The van der Waals surface area contributed by atoms with E-state index >= 15 is 0 Å². The first-order chi connectivity index (χ1) is 7.63. The first kappa shape index (κ1) is 13.0. The van der Waals surface area contributed by atoms with Crippen LogP contribution in [0.3, 0.4) is 0 Å². The lowest BCUT2D eigenvalue weighted by Gasteiger charge is -2.07. The molecule has 0 unspecified atom stereocenters. The van der Waals surface area contributed by atoms with Crippen LogP contribution in [-0.2, 0) is 4.79 Å². The van der Waals surface area contributed by atoms with E-state index in [1.807, 2.05) is 0 Å². The molecule has 0 heterocycles. The van der Waals surface area contributed by atoms with E-state index in [0.29, 0.717) is 18.7 Å². The number of carbonyl (C=O) groups is 1. The lowest BCUT2D eigenvalue weighted by molar-refractivity contribution is -0.116. The minimum atomic E-state index is -0.109. The lowest BCUT2D eigenvalue weighted by Crippen LogP contribution is -2.12. The standard InChI is InChI=1S/C11H15BrN2O2/c12-8-4-5-10(15)9(7-8)14-11(16)3-1-2-6-13/h4-5,7,15H,1-3,6,13H2,(H,14,16). The number of amides is 1. The number of carbonyl (C=O) groups excluding carboxylic acids is 1. The summed E-state index contributed by atoms with van der Waals surface area (Å²) < 4.78 is 0.808. The van der Waals surface area contributed by atoms with Crippen LogP contribution in [0.5, 0.6) is 5.75 Å². The molecule has 0 bridgehead atoms. The van der Waals surface area contributed by atoms with Gasteiger partial charge in [-0.1, -0.05) is 15.9 Å². The summed E-state index contributed by atoms with van der Waals surface area (Å²) in [6, 6.07) is 4.90. The molecule has 0 atom stereocenters. The molecule has 1 rings (SSSR count). The Morgan fingerprint density at radius 2 is 2.19 bits per heavy atom. The molecule has 0 radical (unpaired) electrons. The topological polar surface area (TPSA) is 75.4 Å². The van der Waals surface area contributed by atoms with Crippen molar-refractivity contribution in [3.63, 3.8) is 0 Å². The molecule has 0 aliphatic heterocycles. The number of nitrogens with two attached hydrogens (primary N) is 1. The predicted octanol–water partition coefficient (Wildman–Crippen LogP) is 2.22. The molecule has 0 aliphatic rings. The minimum Gasteiger partial charge on any atom is -0.506 e. The highest BCUT2D eigenvalue weighted by Gasteiger charge is 2.06. The molecule has 5 heteroatoms. The number of anilines is 1. The maximum Gasteiger partial charge on any atom is 0.224 e. The predicted molar refractivity (Wildman–Crippen MR) is 67.3 cm³/mol. The van der Waals surface area contributed by atoms with E-state index in [1.165, 1.54) is 6.07 Å². The van der Waals surface area contributed by atoms with Gasteiger partial charge in [0.15, 0.2) is 0 Å². The number of hydrogen-bond donors (Lipinski definition) is 3. The van der Waals surface area contributed by atoms with Gasteiger partial charge in [0.1, 0.15) is 5.75 Å². The second kappa shape index (κ2) is 6.50. The average molecular weight is 287 g/mol. The quantitative estimate of drug-likeness (QED) is 0.574. The van der Waals surface area contributed by atoms with Crippen LogP contribution in [0.15, 0.2) is 22.7 Å². The highest BCUT2D eigenvalue weighted by Crippen LogP contribution is 2.26. The van der Waals surface area contributed by atoms with Gasteiger partial charge in [-0.05, 0) is 37.6 Å². The van der Waals surface area contributed by atoms with Crippen LogP contribution in [0.4, 0.5) is 5.69 Å². The van der Waals surface area contributed by atoms with Gasteiger partial charge in [0.25, 0.3) is 0 Å². The Morgan fingerprint density at radius 1 is 1.44 bits per heavy atom. The Bertz CT molecular complexity index is 369. The molecule has 0 saturated heterocycles. The fourth-order valence-electron chi connectivity index (χ4n) is 1.25. The van der Waals surface area contributed by atoms with E-state index in [2.05, 4.69) is 21.2 Å². The van der Waals surface area contributed by atoms with E-state index < -0.39 is 0 Å². The van der Waals surface area contributed by atoms with Crippen molar-refractivity contribution < 1.29 is 9.90 Å². The normalized spacial score (nSPS) is 10.1. The van der Waals surface area contributed by atoms with Crippen LogP contribution in [0.1, 0.15) is 19.3 Å². The molecule has 4 N–H and O–H groups in total. The van der Waals surface area contributed by atoms with Crippen LogP contribution in [0, 0.1) is 0 Å². The molecule has 0 spiro atoms. The van der Waals surface area contributed by atoms with Crippen molar-refractivity contribution in [1.82, 2.24) is 0 Å². The second-order valence-corrected chi connectivity index (χ2v) is 4.37. The maximum absolute atomic E-state index is 11.5. The van der Waals surface area contributed by atoms with Crippen molar-refractivity contribution in [3.05, 3.63) is 22.7 Å². The van der Waals surface area contributed by atoms with Crippen LogP contribution >= 0.6 is 15.9 Å². The Morgan fingerprint density at radius 3 is 2.88 bits per heavy atom. The van der Waals surface area contributed by atoms with E-state index in [4.69, 9.17) is 5.73 Å². The van der Waals surface area contributed by atoms with E-state index in [9.17, 15) is 9.90 Å². The second-order valence-electron chi connectivity index (χ2n) is 3.46. The third kappa shape index (κ3) is 4.20. The van der Waals surface area contributed by atoms with Gasteiger partial charge in [-0.2, -0.15) is 0 Å². The van der Waals surface area contributed by atoms with Gasteiger partial charge < -0.3 is 16.2 Å². The van der Waals surface area contributed by atoms with Crippen LogP contribution in [0.25, 0.3) is 0 Å². The summed E-state index contributed by atoms with van der Waals surface area (Å²) in [4.78, 5) is 11.5. The Labute approximate surface area is 103 Å². The number of phenolic OH excluding ortho intramolecular Hbond substituents is 1. The third-order valence-electron chi connectivity index (χ3n) is 2.09. The summed E-state index contributed by atoms with van der Waals surface area (Å²) in [5, 5.41) is 12.2. The number of halogens is 1. The minimum absolute atomic E-state index is 0.0652. The molecule has 0 aromatic heterocycles. The molecular weight excluding hydrogens is 272 g/mol. The van der Waals surface area contributed by atoms with Crippen molar-refractivity contribution >= 4 is 27.5 Å². The zero-order valence-corrected chi connectivity index (χ0v) is 10.5. The van der Waals surface area contributed by atoms with Gasteiger partial charge in [-0.25, -0.2) is 0 Å². The van der Waals surface area contributed by atoms with Crippen molar-refractivity contribution in [2.75, 3.05) is 11.9 Å². The summed E-state index contributed by atoms with van der Waals surface area (Å²) in [5.74, 6) is -0.0442. The van der Waals surface area contributed by atoms with Gasteiger partial charge in [-0.15, -0.1) is 0 Å². The number of aromatic hydroxyl groups is 1. The van der Waals surface area contributed by atoms with E-state index in [-0.39, 0.29) is 11.7 Å². The summed E-state index contributed by atoms with van der Waals surface area (Å²) in [7, 11) is 0. The zero-order chi connectivity index (χ0) is 12.0. The van der Waals surface area contributed by atoms with Crippen LogP contribution in [-0.4, -0.2) is 17.6 Å². The Kier molecular flexibility index (Phi) is 5.28. The van der Waals surface area contributed by atoms with E-state index in [1.54, 1.807) is 12.1 Å². The lowest BCUT2D eigenvalue weighted by atomic mass is 10.2. The van der Waals surface area contributed by atoms with Crippen molar-refractivity contribution in [1.29, 1.82) is 0 Å². The zero-order valence-electron chi connectivity index (χ0n) is 8.87. The van der Waals surface area contributed by atoms with Gasteiger partial charge in [-0.3, -0.25) is 4.79 Å². The first-order valence-electron chi connectivity index (χ1n) is 5.12. The molecule has 1 amide bonds. The monoisotopic (exact) mass is 286 g/mol. The fourth-order valence-corrected chi connectivity index (χ4v) is 1.61. The van der Waals surface area contributed by atoms with Crippen molar-refractivity contribution in [3.8, 4) is 5.75 Å². The highest BCUT2D eigenvalue weighted by atomic mass is 79.9. The molecule has 4 nitrogen and oxygen atoms in total. The largest absolute Gasteiger partial charge is 0.506 e. The maximum atomic E-state index is 11.5. The molecule has 16 heavy (non-hydrogen) atoms. The molecule has 0 saturated carbocycles. The van der Waals surface area contributed by atoms with Gasteiger partial charge in [0.2, 0.25) is 5.91 Å².